The first-order valence-corrected chi connectivity index (χ1v) is 14.4. The first kappa shape index (κ1) is 29.6. The number of aromatic nitrogens is 1. The molecule has 4 rings (SSSR count). The number of carbonyl (C=O) groups is 3. The number of benzene rings is 3. The molecule has 9 nitrogen and oxygen atoms in total. The fraction of sp³-hybridized carbons (Fsp3) is 0.200. The minimum Gasteiger partial charge on any atom is -0.493 e. The molecule has 0 saturated heterocycles. The summed E-state index contributed by atoms with van der Waals surface area (Å²) in [7, 11) is 3.04. The average Bonchev–Trinajstić information content (AvgIpc) is 3.42. The molecule has 212 valence electrons. The maximum Gasteiger partial charge on any atom is 0.311 e. The van der Waals surface area contributed by atoms with Gasteiger partial charge in [-0.3, -0.25) is 14.4 Å². The Labute approximate surface area is 246 Å². The summed E-state index contributed by atoms with van der Waals surface area (Å²) < 4.78 is 15.5. The SMILES string of the molecule is CCOC(=O)Cc1csc(NC(=O)C(Sc2cccc(NC(=O)c3ccc(OC)c(OC)c3)c2)c2ccccc2)n1. The van der Waals surface area contributed by atoms with Crippen LogP contribution in [0.25, 0.3) is 0 Å². The molecule has 3 aromatic carbocycles. The summed E-state index contributed by atoms with van der Waals surface area (Å²) in [4.78, 5) is 43.3. The van der Waals surface area contributed by atoms with E-state index in [4.69, 9.17) is 14.2 Å². The highest BCUT2D eigenvalue weighted by Crippen LogP contribution is 2.37. The van der Waals surface area contributed by atoms with E-state index < -0.39 is 5.25 Å². The molecule has 0 saturated carbocycles. The predicted molar refractivity (Wildman–Crippen MR) is 160 cm³/mol. The zero-order chi connectivity index (χ0) is 29.2. The predicted octanol–water partition coefficient (Wildman–Crippen LogP) is 5.99. The van der Waals surface area contributed by atoms with Crippen LogP contribution < -0.4 is 20.1 Å². The molecule has 1 atom stereocenters. The number of carbonyl (C=O) groups excluding carboxylic acids is 3. The van der Waals surface area contributed by atoms with E-state index in [1.54, 1.807) is 36.6 Å². The third-order valence-electron chi connectivity index (χ3n) is 5.74. The van der Waals surface area contributed by atoms with Gasteiger partial charge in [-0.15, -0.1) is 23.1 Å². The van der Waals surface area contributed by atoms with Gasteiger partial charge in [0.25, 0.3) is 5.91 Å². The van der Waals surface area contributed by atoms with Crippen LogP contribution in [-0.4, -0.2) is 43.6 Å². The van der Waals surface area contributed by atoms with E-state index in [-0.39, 0.29) is 24.2 Å². The molecule has 0 aliphatic carbocycles. The largest absolute Gasteiger partial charge is 0.493 e. The number of amides is 2. The Kier molecular flexibility index (Phi) is 10.4. The van der Waals surface area contributed by atoms with Crippen LogP contribution in [0.3, 0.4) is 0 Å². The summed E-state index contributed by atoms with van der Waals surface area (Å²) in [6, 6.07) is 21.6. The van der Waals surface area contributed by atoms with Crippen molar-refractivity contribution in [3.05, 3.63) is 95.0 Å². The third-order valence-corrected chi connectivity index (χ3v) is 7.80. The molecular formula is C30H29N3O6S2. The first-order chi connectivity index (χ1) is 19.9. The molecule has 0 aliphatic heterocycles. The van der Waals surface area contributed by atoms with Crippen LogP contribution in [0, 0.1) is 0 Å². The van der Waals surface area contributed by atoms with Crippen molar-refractivity contribution < 1.29 is 28.6 Å². The number of esters is 1. The summed E-state index contributed by atoms with van der Waals surface area (Å²) in [6.45, 7) is 2.04. The first-order valence-electron chi connectivity index (χ1n) is 12.7. The maximum absolute atomic E-state index is 13.5. The van der Waals surface area contributed by atoms with Gasteiger partial charge >= 0.3 is 5.97 Å². The number of thioether (sulfide) groups is 1. The van der Waals surface area contributed by atoms with E-state index in [9.17, 15) is 14.4 Å². The second-order valence-corrected chi connectivity index (χ2v) is 10.6. The molecular weight excluding hydrogens is 562 g/mol. The Morgan fingerprint density at radius 2 is 1.71 bits per heavy atom. The monoisotopic (exact) mass is 591 g/mol. The van der Waals surface area contributed by atoms with E-state index in [1.807, 2.05) is 48.5 Å². The summed E-state index contributed by atoms with van der Waals surface area (Å²) in [5, 5.41) is 7.29. The lowest BCUT2D eigenvalue weighted by atomic mass is 10.1. The van der Waals surface area contributed by atoms with Crippen molar-refractivity contribution in [2.45, 2.75) is 23.5 Å². The number of thiazole rings is 1. The molecule has 2 amide bonds. The van der Waals surface area contributed by atoms with Crippen LogP contribution in [0.1, 0.15) is 33.8 Å². The number of methoxy groups -OCH3 is 2. The van der Waals surface area contributed by atoms with Gasteiger partial charge in [0.1, 0.15) is 5.25 Å². The van der Waals surface area contributed by atoms with E-state index in [1.165, 1.54) is 37.3 Å². The molecule has 41 heavy (non-hydrogen) atoms. The summed E-state index contributed by atoms with van der Waals surface area (Å²) in [5.74, 6) is 0.0346. The maximum atomic E-state index is 13.5. The van der Waals surface area contributed by atoms with Gasteiger partial charge in [-0.2, -0.15) is 0 Å². The summed E-state index contributed by atoms with van der Waals surface area (Å²) >= 11 is 2.59. The molecule has 4 aromatic rings. The van der Waals surface area contributed by atoms with Crippen LogP contribution in [0.15, 0.2) is 83.1 Å². The van der Waals surface area contributed by atoms with Gasteiger partial charge in [-0.05, 0) is 48.9 Å². The minimum absolute atomic E-state index is 0.0406. The van der Waals surface area contributed by atoms with Crippen LogP contribution in [0.2, 0.25) is 0 Å². The van der Waals surface area contributed by atoms with Crippen LogP contribution in [-0.2, 0) is 20.7 Å². The van der Waals surface area contributed by atoms with Crippen molar-refractivity contribution in [2.24, 2.45) is 0 Å². The van der Waals surface area contributed by atoms with Crippen LogP contribution >= 0.6 is 23.1 Å². The highest BCUT2D eigenvalue weighted by Gasteiger charge is 2.24. The van der Waals surface area contributed by atoms with Crippen molar-refractivity contribution >= 4 is 51.7 Å². The molecule has 1 unspecified atom stereocenters. The number of hydrogen-bond donors (Lipinski definition) is 2. The quantitative estimate of drug-likeness (QED) is 0.153. The van der Waals surface area contributed by atoms with Gasteiger partial charge < -0.3 is 24.8 Å². The molecule has 0 fully saturated rings. The average molecular weight is 592 g/mol. The molecule has 2 N–H and O–H groups in total. The molecule has 1 aromatic heterocycles. The van der Waals surface area contributed by atoms with E-state index in [0.717, 1.165) is 10.5 Å². The number of hydrogen-bond acceptors (Lipinski definition) is 9. The zero-order valence-electron chi connectivity index (χ0n) is 22.7. The fourth-order valence-corrected chi connectivity index (χ4v) is 5.64. The third kappa shape index (κ3) is 8.09. The smallest absolute Gasteiger partial charge is 0.311 e. The Hall–Kier alpha value is -4.35. The van der Waals surface area contributed by atoms with Crippen molar-refractivity contribution in [3.63, 3.8) is 0 Å². The second-order valence-electron chi connectivity index (χ2n) is 8.58. The van der Waals surface area contributed by atoms with Crippen molar-refractivity contribution in [1.29, 1.82) is 0 Å². The lowest BCUT2D eigenvalue weighted by Gasteiger charge is -2.17. The molecule has 0 radical (unpaired) electrons. The van der Waals surface area contributed by atoms with Gasteiger partial charge in [0.15, 0.2) is 16.6 Å². The lowest BCUT2D eigenvalue weighted by Crippen LogP contribution is -2.19. The van der Waals surface area contributed by atoms with Crippen LogP contribution in [0.5, 0.6) is 11.5 Å². The lowest BCUT2D eigenvalue weighted by molar-refractivity contribution is -0.142. The van der Waals surface area contributed by atoms with Gasteiger partial charge in [0.05, 0.1) is 32.9 Å². The summed E-state index contributed by atoms with van der Waals surface area (Å²) in [6.07, 6.45) is 0.0406. The van der Waals surface area contributed by atoms with Gasteiger partial charge in [0.2, 0.25) is 5.91 Å². The topological polar surface area (TPSA) is 116 Å². The summed E-state index contributed by atoms with van der Waals surface area (Å²) in [5.41, 5.74) is 2.32. The standard InChI is InChI=1S/C30H29N3O6S2/c1-4-39-26(34)17-22-18-40-30(32-22)33-29(36)27(19-9-6-5-7-10-19)41-23-12-8-11-21(16-23)31-28(35)20-13-14-24(37-2)25(15-20)38-3/h5-16,18,27H,4,17H2,1-3H3,(H,31,35)(H,32,33,36). The Balaban J connectivity index is 1.49. The molecule has 1 heterocycles. The Bertz CT molecular complexity index is 1510. The van der Waals surface area contributed by atoms with E-state index >= 15 is 0 Å². The minimum atomic E-state index is -0.606. The number of nitrogens with zero attached hydrogens (tertiary/aromatic N) is 1. The zero-order valence-corrected chi connectivity index (χ0v) is 24.3. The van der Waals surface area contributed by atoms with Gasteiger partial charge in [-0.25, -0.2) is 4.98 Å². The Morgan fingerprint density at radius 3 is 2.44 bits per heavy atom. The van der Waals surface area contributed by atoms with Crippen molar-refractivity contribution in [1.82, 2.24) is 4.98 Å². The number of anilines is 2. The number of ether oxygens (including phenoxy) is 3. The molecule has 0 bridgehead atoms. The molecule has 0 aliphatic rings. The number of nitrogens with one attached hydrogen (secondary N) is 2. The number of rotatable bonds is 12. The van der Waals surface area contributed by atoms with E-state index in [0.29, 0.717) is 40.2 Å². The van der Waals surface area contributed by atoms with Gasteiger partial charge in [0, 0.05) is 21.5 Å². The fourth-order valence-electron chi connectivity index (χ4n) is 3.84. The van der Waals surface area contributed by atoms with Crippen molar-refractivity contribution in [3.8, 4) is 11.5 Å². The van der Waals surface area contributed by atoms with Crippen LogP contribution in [0.4, 0.5) is 10.8 Å². The van der Waals surface area contributed by atoms with E-state index in [2.05, 4.69) is 15.6 Å². The van der Waals surface area contributed by atoms with Crippen molar-refractivity contribution in [2.75, 3.05) is 31.5 Å². The molecule has 0 spiro atoms. The highest BCUT2D eigenvalue weighted by atomic mass is 32.2. The molecule has 11 heteroatoms. The second kappa shape index (κ2) is 14.3. The van der Waals surface area contributed by atoms with Gasteiger partial charge in [-0.1, -0.05) is 36.4 Å². The Morgan fingerprint density at radius 1 is 0.927 bits per heavy atom. The normalized spacial score (nSPS) is 11.3. The highest BCUT2D eigenvalue weighted by molar-refractivity contribution is 8.00.